The van der Waals surface area contributed by atoms with Crippen LogP contribution in [0.5, 0.6) is 0 Å². The van der Waals surface area contributed by atoms with Crippen molar-refractivity contribution < 1.29 is 14.3 Å². The Kier molecular flexibility index (Phi) is 7.27. The maximum absolute atomic E-state index is 12.4. The monoisotopic (exact) mass is 386 g/mol. The van der Waals surface area contributed by atoms with Gasteiger partial charge in [0, 0.05) is 44.3 Å². The van der Waals surface area contributed by atoms with Gasteiger partial charge in [0.2, 0.25) is 5.91 Å². The summed E-state index contributed by atoms with van der Waals surface area (Å²) in [6, 6.07) is 8.71. The van der Waals surface area contributed by atoms with Gasteiger partial charge in [0.15, 0.2) is 0 Å². The molecular weight excluding hydrogens is 352 g/mol. The van der Waals surface area contributed by atoms with E-state index in [9.17, 15) is 4.79 Å². The van der Waals surface area contributed by atoms with Gasteiger partial charge in [-0.15, -0.1) is 0 Å². The fourth-order valence-corrected chi connectivity index (χ4v) is 3.89. The van der Waals surface area contributed by atoms with E-state index in [-0.39, 0.29) is 11.3 Å². The van der Waals surface area contributed by atoms with Crippen LogP contribution in [0.4, 0.5) is 0 Å². The Morgan fingerprint density at radius 2 is 1.89 bits per heavy atom. The van der Waals surface area contributed by atoms with Crippen molar-refractivity contribution in [3.8, 4) is 0 Å². The molecule has 1 amide bonds. The zero-order valence-electron chi connectivity index (χ0n) is 17.4. The van der Waals surface area contributed by atoms with Crippen LogP contribution >= 0.6 is 0 Å². The summed E-state index contributed by atoms with van der Waals surface area (Å²) in [5, 5.41) is 3.10. The molecule has 1 aromatic carbocycles. The van der Waals surface area contributed by atoms with Crippen LogP contribution in [-0.2, 0) is 19.7 Å². The highest BCUT2D eigenvalue weighted by Crippen LogP contribution is 2.23. The number of rotatable bonds is 6. The molecule has 5 heteroatoms. The maximum atomic E-state index is 12.4. The Morgan fingerprint density at radius 3 is 2.50 bits per heavy atom. The van der Waals surface area contributed by atoms with Crippen molar-refractivity contribution >= 4 is 12.0 Å². The third kappa shape index (κ3) is 5.90. The van der Waals surface area contributed by atoms with E-state index in [0.29, 0.717) is 18.5 Å². The number of amides is 1. The van der Waals surface area contributed by atoms with Gasteiger partial charge < -0.3 is 14.8 Å². The predicted molar refractivity (Wildman–Crippen MR) is 112 cm³/mol. The Balaban J connectivity index is 1.54. The molecule has 2 fully saturated rings. The van der Waals surface area contributed by atoms with Gasteiger partial charge in [-0.25, -0.2) is 0 Å². The fraction of sp³-hybridized carbons (Fsp3) is 0.609. The molecule has 0 radical (unpaired) electrons. The molecule has 2 atom stereocenters. The van der Waals surface area contributed by atoms with E-state index in [4.69, 9.17) is 9.47 Å². The Labute approximate surface area is 169 Å². The van der Waals surface area contributed by atoms with Crippen LogP contribution in [-0.4, -0.2) is 62.9 Å². The van der Waals surface area contributed by atoms with E-state index in [1.165, 1.54) is 5.56 Å². The summed E-state index contributed by atoms with van der Waals surface area (Å²) in [5.41, 5.74) is 2.47. The van der Waals surface area contributed by atoms with E-state index in [0.717, 1.165) is 51.5 Å². The zero-order chi connectivity index (χ0) is 20.0. The van der Waals surface area contributed by atoms with E-state index in [2.05, 4.69) is 55.3 Å². The third-order valence-electron chi connectivity index (χ3n) is 5.71. The first kappa shape index (κ1) is 21.0. The number of benzene rings is 1. The second kappa shape index (κ2) is 9.68. The topological polar surface area (TPSA) is 50.8 Å². The summed E-state index contributed by atoms with van der Waals surface area (Å²) in [6.07, 6.45) is 4.58. The summed E-state index contributed by atoms with van der Waals surface area (Å²) in [4.78, 5) is 14.8. The summed E-state index contributed by atoms with van der Waals surface area (Å²) in [5.74, 6) is 0.435. The molecule has 0 aliphatic carbocycles. The Bertz CT molecular complexity index is 651. The van der Waals surface area contributed by atoms with Gasteiger partial charge in [-0.05, 0) is 29.0 Å². The second-order valence-corrected chi connectivity index (χ2v) is 8.79. The molecule has 0 aromatic heterocycles. The van der Waals surface area contributed by atoms with Crippen LogP contribution in [0.15, 0.2) is 30.3 Å². The van der Waals surface area contributed by atoms with Crippen LogP contribution in [0.3, 0.4) is 0 Å². The number of carbonyl (C=O) groups excluding carboxylic acids is 1. The Hall–Kier alpha value is -1.69. The number of carbonyl (C=O) groups is 1. The minimum atomic E-state index is -0.0444. The van der Waals surface area contributed by atoms with Crippen LogP contribution in [0.2, 0.25) is 0 Å². The smallest absolute Gasteiger partial charge is 0.244 e. The lowest BCUT2D eigenvalue weighted by Crippen LogP contribution is -2.52. The quantitative estimate of drug-likeness (QED) is 0.764. The first-order valence-electron chi connectivity index (χ1n) is 10.4. The minimum absolute atomic E-state index is 0.0444. The van der Waals surface area contributed by atoms with Crippen molar-refractivity contribution in [2.75, 3.05) is 46.1 Å². The molecule has 2 aliphatic rings. The molecule has 28 heavy (non-hydrogen) atoms. The lowest BCUT2D eigenvalue weighted by Gasteiger charge is -2.37. The van der Waals surface area contributed by atoms with Crippen molar-refractivity contribution in [3.05, 3.63) is 41.5 Å². The maximum Gasteiger partial charge on any atom is 0.244 e. The van der Waals surface area contributed by atoms with Gasteiger partial charge in [0.25, 0.3) is 0 Å². The van der Waals surface area contributed by atoms with Crippen LogP contribution in [0, 0.1) is 5.92 Å². The summed E-state index contributed by atoms with van der Waals surface area (Å²) in [7, 11) is 0. The van der Waals surface area contributed by atoms with Crippen molar-refractivity contribution in [2.24, 2.45) is 5.92 Å². The number of hydrogen-bond donors (Lipinski definition) is 1. The lowest BCUT2D eigenvalue weighted by molar-refractivity contribution is -0.116. The standard InChI is InChI=1S/C23H34N2O3/c1-23(2,3)20-7-4-18(5-8-20)6-9-22(26)24-16-21(19-10-13-28-17-19)25-11-14-27-15-12-25/h4-9,19,21H,10-17H2,1-3H3,(H,24,26)/b9-6+. The number of hydrogen-bond acceptors (Lipinski definition) is 4. The summed E-state index contributed by atoms with van der Waals surface area (Å²) in [6.45, 7) is 12.2. The SMILES string of the molecule is CC(C)(C)c1ccc(/C=C/C(=O)NCC(C2CCOC2)N2CCOCC2)cc1. The van der Waals surface area contributed by atoms with Crippen molar-refractivity contribution in [3.63, 3.8) is 0 Å². The molecule has 0 spiro atoms. The molecule has 2 saturated heterocycles. The Morgan fingerprint density at radius 1 is 1.18 bits per heavy atom. The predicted octanol–water partition coefficient (Wildman–Crippen LogP) is 2.85. The minimum Gasteiger partial charge on any atom is -0.381 e. The van der Waals surface area contributed by atoms with Gasteiger partial charge >= 0.3 is 0 Å². The molecule has 1 N–H and O–H groups in total. The average molecular weight is 387 g/mol. The van der Waals surface area contributed by atoms with Gasteiger partial charge in [-0.1, -0.05) is 45.0 Å². The normalized spacial score (nSPS) is 22.5. The van der Waals surface area contributed by atoms with E-state index in [1.807, 2.05) is 6.08 Å². The molecule has 2 aliphatic heterocycles. The first-order valence-corrected chi connectivity index (χ1v) is 10.4. The van der Waals surface area contributed by atoms with E-state index >= 15 is 0 Å². The highest BCUT2D eigenvalue weighted by molar-refractivity contribution is 5.91. The van der Waals surface area contributed by atoms with Gasteiger partial charge in [0.1, 0.15) is 0 Å². The van der Waals surface area contributed by atoms with Crippen molar-refractivity contribution in [1.82, 2.24) is 10.2 Å². The molecule has 1 aromatic rings. The fourth-order valence-electron chi connectivity index (χ4n) is 3.89. The lowest BCUT2D eigenvalue weighted by atomic mass is 9.87. The molecule has 5 nitrogen and oxygen atoms in total. The van der Waals surface area contributed by atoms with Crippen LogP contribution in [0.25, 0.3) is 6.08 Å². The van der Waals surface area contributed by atoms with Gasteiger partial charge in [-0.3, -0.25) is 9.69 Å². The largest absolute Gasteiger partial charge is 0.381 e. The van der Waals surface area contributed by atoms with Gasteiger partial charge in [-0.2, -0.15) is 0 Å². The molecule has 0 bridgehead atoms. The van der Waals surface area contributed by atoms with Crippen LogP contribution in [0.1, 0.15) is 38.3 Å². The molecular formula is C23H34N2O3. The number of nitrogens with one attached hydrogen (secondary N) is 1. The molecule has 2 unspecified atom stereocenters. The third-order valence-corrected chi connectivity index (χ3v) is 5.71. The molecule has 154 valence electrons. The number of morpholine rings is 1. The van der Waals surface area contributed by atoms with E-state index < -0.39 is 0 Å². The van der Waals surface area contributed by atoms with Crippen molar-refractivity contribution in [1.29, 1.82) is 0 Å². The summed E-state index contributed by atoms with van der Waals surface area (Å²) >= 11 is 0. The summed E-state index contributed by atoms with van der Waals surface area (Å²) < 4.78 is 11.1. The molecule has 2 heterocycles. The molecule has 0 saturated carbocycles. The zero-order valence-corrected chi connectivity index (χ0v) is 17.4. The highest BCUT2D eigenvalue weighted by atomic mass is 16.5. The molecule has 3 rings (SSSR count). The number of ether oxygens (including phenoxy) is 2. The second-order valence-electron chi connectivity index (χ2n) is 8.79. The average Bonchev–Trinajstić information content (AvgIpc) is 3.21. The highest BCUT2D eigenvalue weighted by Gasteiger charge is 2.31. The van der Waals surface area contributed by atoms with Gasteiger partial charge in [0.05, 0.1) is 19.8 Å². The van der Waals surface area contributed by atoms with Crippen LogP contribution < -0.4 is 5.32 Å². The number of nitrogens with zero attached hydrogens (tertiary/aromatic N) is 1. The van der Waals surface area contributed by atoms with Crippen molar-refractivity contribution in [2.45, 2.75) is 38.6 Å². The van der Waals surface area contributed by atoms with E-state index in [1.54, 1.807) is 6.08 Å². The first-order chi connectivity index (χ1) is 13.4.